The molecule has 0 saturated heterocycles. The normalized spacial score (nSPS) is 11.6. The van der Waals surface area contributed by atoms with Gasteiger partial charge in [0.2, 0.25) is 10.0 Å². The van der Waals surface area contributed by atoms with Crippen molar-refractivity contribution >= 4 is 38.6 Å². The molecule has 7 nitrogen and oxygen atoms in total. The van der Waals surface area contributed by atoms with Gasteiger partial charge in [-0.25, -0.2) is 18.1 Å². The summed E-state index contributed by atoms with van der Waals surface area (Å²) in [5.41, 5.74) is 5.44. The van der Waals surface area contributed by atoms with Gasteiger partial charge in [0.25, 0.3) is 0 Å². The van der Waals surface area contributed by atoms with E-state index in [4.69, 9.17) is 18.0 Å². The third-order valence-corrected chi connectivity index (χ3v) is 5.63. The number of aromatic amines is 1. The van der Waals surface area contributed by atoms with Gasteiger partial charge in [-0.3, -0.25) is 5.10 Å². The third-order valence-electron chi connectivity index (χ3n) is 2.21. The quantitative estimate of drug-likeness (QED) is 0.647. The van der Waals surface area contributed by atoms with Gasteiger partial charge in [0.05, 0.1) is 4.88 Å². The summed E-state index contributed by atoms with van der Waals surface area (Å²) in [4.78, 5) is 4.67. The Hall–Kier alpha value is -1.36. The fraction of sp³-hybridized carbons (Fsp3) is 0.222. The van der Waals surface area contributed by atoms with Gasteiger partial charge >= 0.3 is 0 Å². The molecule has 19 heavy (non-hydrogen) atoms. The van der Waals surface area contributed by atoms with Crippen molar-refractivity contribution in [2.24, 2.45) is 5.73 Å². The van der Waals surface area contributed by atoms with E-state index in [2.05, 4.69) is 19.9 Å². The van der Waals surface area contributed by atoms with E-state index in [1.165, 1.54) is 12.4 Å². The van der Waals surface area contributed by atoms with Crippen LogP contribution in [-0.2, 0) is 16.4 Å². The standard InChI is InChI=1S/C9H11N5O2S3/c10-9(17)6-1-2-8(18-6)19(15,16)13-4-3-7-11-5-12-14-7/h1-2,5,13H,3-4H2,(H2,10,17)(H,11,12,14). The van der Waals surface area contributed by atoms with Crippen molar-refractivity contribution in [3.8, 4) is 0 Å². The van der Waals surface area contributed by atoms with Crippen LogP contribution in [0.25, 0.3) is 0 Å². The number of aromatic nitrogens is 3. The van der Waals surface area contributed by atoms with Gasteiger partial charge in [-0.15, -0.1) is 11.3 Å². The fourth-order valence-corrected chi connectivity index (χ4v) is 3.75. The monoisotopic (exact) mass is 317 g/mol. The summed E-state index contributed by atoms with van der Waals surface area (Å²) in [6.45, 7) is 0.234. The molecule has 0 amide bonds. The topological polar surface area (TPSA) is 114 Å². The van der Waals surface area contributed by atoms with E-state index in [-0.39, 0.29) is 15.7 Å². The number of nitrogens with zero attached hydrogens (tertiary/aromatic N) is 2. The predicted molar refractivity (Wildman–Crippen MR) is 75.5 cm³/mol. The van der Waals surface area contributed by atoms with Gasteiger partial charge in [-0.1, -0.05) is 12.2 Å². The molecule has 0 radical (unpaired) electrons. The minimum Gasteiger partial charge on any atom is -0.389 e. The van der Waals surface area contributed by atoms with Crippen molar-refractivity contribution in [1.82, 2.24) is 19.9 Å². The molecule has 0 spiro atoms. The minimum atomic E-state index is -3.53. The van der Waals surface area contributed by atoms with Gasteiger partial charge < -0.3 is 5.73 Å². The highest BCUT2D eigenvalue weighted by Crippen LogP contribution is 2.21. The van der Waals surface area contributed by atoms with Crippen LogP contribution in [0.15, 0.2) is 22.7 Å². The number of hydrogen-bond donors (Lipinski definition) is 3. The van der Waals surface area contributed by atoms with Crippen LogP contribution in [0.3, 0.4) is 0 Å². The summed E-state index contributed by atoms with van der Waals surface area (Å²) in [5, 5.41) is 6.33. The van der Waals surface area contributed by atoms with E-state index in [0.29, 0.717) is 17.1 Å². The van der Waals surface area contributed by atoms with Crippen molar-refractivity contribution in [3.05, 3.63) is 29.2 Å². The Labute approximate surface area is 119 Å². The average molecular weight is 317 g/mol. The average Bonchev–Trinajstić information content (AvgIpc) is 2.99. The predicted octanol–water partition coefficient (Wildman–Crippen LogP) is 0.0214. The first-order valence-electron chi connectivity index (χ1n) is 5.22. The summed E-state index contributed by atoms with van der Waals surface area (Å²) in [6.07, 6.45) is 1.81. The highest BCUT2D eigenvalue weighted by molar-refractivity contribution is 7.91. The highest BCUT2D eigenvalue weighted by Gasteiger charge is 2.17. The van der Waals surface area contributed by atoms with Crippen LogP contribution in [0.2, 0.25) is 0 Å². The molecule has 0 aliphatic carbocycles. The molecule has 2 heterocycles. The second kappa shape index (κ2) is 5.74. The maximum atomic E-state index is 12.0. The van der Waals surface area contributed by atoms with E-state index in [1.54, 1.807) is 6.07 Å². The molecule has 0 aliphatic heterocycles. The molecule has 2 aromatic heterocycles. The Morgan fingerprint density at radius 2 is 2.32 bits per heavy atom. The molecule has 0 fully saturated rings. The molecule has 0 atom stereocenters. The number of thiophene rings is 1. The molecule has 0 aromatic carbocycles. The largest absolute Gasteiger partial charge is 0.389 e. The maximum absolute atomic E-state index is 12.0. The number of nitrogens with two attached hydrogens (primary N) is 1. The van der Waals surface area contributed by atoms with Crippen LogP contribution in [-0.4, -0.2) is 35.1 Å². The Balaban J connectivity index is 1.99. The molecule has 0 aliphatic rings. The van der Waals surface area contributed by atoms with Crippen LogP contribution >= 0.6 is 23.6 Å². The number of sulfonamides is 1. The van der Waals surface area contributed by atoms with Gasteiger partial charge in [0, 0.05) is 13.0 Å². The van der Waals surface area contributed by atoms with Crippen LogP contribution in [0.1, 0.15) is 10.7 Å². The molecule has 0 saturated carbocycles. The molecule has 10 heteroatoms. The van der Waals surface area contributed by atoms with Gasteiger partial charge in [0.1, 0.15) is 21.3 Å². The Bertz CT molecular complexity index is 662. The first-order chi connectivity index (χ1) is 8.99. The zero-order valence-corrected chi connectivity index (χ0v) is 12.1. The molecular weight excluding hydrogens is 306 g/mol. The van der Waals surface area contributed by atoms with Crippen molar-refractivity contribution in [3.63, 3.8) is 0 Å². The number of nitrogens with one attached hydrogen (secondary N) is 2. The number of H-pyrrole nitrogens is 1. The second-order valence-corrected chi connectivity index (χ2v) is 7.08. The van der Waals surface area contributed by atoms with E-state index in [9.17, 15) is 8.42 Å². The van der Waals surface area contributed by atoms with Crippen molar-refractivity contribution < 1.29 is 8.42 Å². The molecule has 2 aromatic rings. The molecule has 102 valence electrons. The molecule has 4 N–H and O–H groups in total. The van der Waals surface area contributed by atoms with Crippen molar-refractivity contribution in [1.29, 1.82) is 0 Å². The zero-order valence-electron chi connectivity index (χ0n) is 9.66. The molecule has 0 bridgehead atoms. The van der Waals surface area contributed by atoms with Crippen molar-refractivity contribution in [2.75, 3.05) is 6.54 Å². The maximum Gasteiger partial charge on any atom is 0.250 e. The second-order valence-electron chi connectivity index (χ2n) is 3.56. The number of thiocarbonyl (C=S) groups is 1. The lowest BCUT2D eigenvalue weighted by molar-refractivity contribution is 0.583. The Morgan fingerprint density at radius 3 is 2.89 bits per heavy atom. The number of hydrogen-bond acceptors (Lipinski definition) is 6. The van der Waals surface area contributed by atoms with E-state index in [1.807, 2.05) is 0 Å². The summed E-state index contributed by atoms with van der Waals surface area (Å²) in [5.74, 6) is 0.623. The molecule has 2 rings (SSSR count). The minimum absolute atomic E-state index is 0.188. The SMILES string of the molecule is NC(=S)c1ccc(S(=O)(=O)NCCc2ncn[nH]2)s1. The number of rotatable bonds is 6. The summed E-state index contributed by atoms with van der Waals surface area (Å²) in [7, 11) is -3.53. The summed E-state index contributed by atoms with van der Waals surface area (Å²) in [6, 6.07) is 3.08. The van der Waals surface area contributed by atoms with Gasteiger partial charge in [-0.2, -0.15) is 5.10 Å². The van der Waals surface area contributed by atoms with Crippen LogP contribution in [0.5, 0.6) is 0 Å². The zero-order chi connectivity index (χ0) is 13.9. The van der Waals surface area contributed by atoms with Crippen molar-refractivity contribution in [2.45, 2.75) is 10.6 Å². The van der Waals surface area contributed by atoms with Crippen LogP contribution in [0, 0.1) is 0 Å². The fourth-order valence-electron chi connectivity index (χ4n) is 1.32. The molecule has 0 unspecified atom stereocenters. The molecular formula is C9H11N5O2S3. The summed E-state index contributed by atoms with van der Waals surface area (Å²) < 4.78 is 26.6. The lowest BCUT2D eigenvalue weighted by atomic mass is 10.4. The lowest BCUT2D eigenvalue weighted by Crippen LogP contribution is -2.25. The van der Waals surface area contributed by atoms with E-state index in [0.717, 1.165) is 11.3 Å². The highest BCUT2D eigenvalue weighted by atomic mass is 32.2. The Kier molecular flexibility index (Phi) is 4.24. The van der Waals surface area contributed by atoms with E-state index >= 15 is 0 Å². The van der Waals surface area contributed by atoms with Gasteiger partial charge in [-0.05, 0) is 12.1 Å². The first-order valence-corrected chi connectivity index (χ1v) is 7.93. The first kappa shape index (κ1) is 14.1. The Morgan fingerprint density at radius 1 is 1.53 bits per heavy atom. The van der Waals surface area contributed by atoms with Gasteiger partial charge in [0.15, 0.2) is 0 Å². The van der Waals surface area contributed by atoms with Crippen LogP contribution in [0.4, 0.5) is 0 Å². The third kappa shape index (κ3) is 3.56. The lowest BCUT2D eigenvalue weighted by Gasteiger charge is -2.02. The smallest absolute Gasteiger partial charge is 0.250 e. The summed E-state index contributed by atoms with van der Waals surface area (Å²) >= 11 is 5.84. The van der Waals surface area contributed by atoms with E-state index < -0.39 is 10.0 Å². The van der Waals surface area contributed by atoms with Crippen LogP contribution < -0.4 is 10.5 Å².